The Morgan fingerprint density at radius 2 is 2.19 bits per heavy atom. The van der Waals surface area contributed by atoms with E-state index in [4.69, 9.17) is 15.5 Å². The summed E-state index contributed by atoms with van der Waals surface area (Å²) in [5, 5.41) is 3.29. The first-order chi connectivity index (χ1) is 15.5. The van der Waals surface area contributed by atoms with E-state index in [-0.39, 0.29) is 11.9 Å². The first-order valence-corrected chi connectivity index (χ1v) is 11.1. The summed E-state index contributed by atoms with van der Waals surface area (Å²) in [6.07, 6.45) is 6.00. The number of hydrogen-bond acceptors (Lipinski definition) is 8. The summed E-state index contributed by atoms with van der Waals surface area (Å²) in [6, 6.07) is 3.81. The van der Waals surface area contributed by atoms with Crippen molar-refractivity contribution in [1.29, 1.82) is 0 Å². The van der Waals surface area contributed by atoms with Gasteiger partial charge in [-0.25, -0.2) is 15.0 Å². The second kappa shape index (κ2) is 9.52. The van der Waals surface area contributed by atoms with Gasteiger partial charge in [-0.2, -0.15) is 0 Å². The van der Waals surface area contributed by atoms with Crippen LogP contribution in [0.1, 0.15) is 43.5 Å². The molecule has 2 fully saturated rings. The van der Waals surface area contributed by atoms with Gasteiger partial charge in [-0.05, 0) is 38.0 Å². The van der Waals surface area contributed by atoms with Crippen LogP contribution in [0.15, 0.2) is 24.9 Å². The van der Waals surface area contributed by atoms with Crippen LogP contribution in [-0.2, 0) is 9.53 Å². The van der Waals surface area contributed by atoms with Crippen molar-refractivity contribution in [2.45, 2.75) is 38.1 Å². The number of ether oxygens (including phenoxy) is 1. The maximum atomic E-state index is 12.5. The lowest BCUT2D eigenvalue weighted by atomic mass is 10.1. The number of hydrogen-bond donors (Lipinski definition) is 2. The predicted molar refractivity (Wildman–Crippen MR) is 126 cm³/mol. The zero-order valence-electron chi connectivity index (χ0n) is 18.8. The minimum Gasteiger partial charge on any atom is -0.396 e. The molecule has 3 N–H and O–H groups in total. The van der Waals surface area contributed by atoms with Gasteiger partial charge in [0, 0.05) is 44.9 Å². The highest BCUT2D eigenvalue weighted by Crippen LogP contribution is 2.45. The summed E-state index contributed by atoms with van der Waals surface area (Å²) in [7, 11) is 1.61. The number of nitrogens with one attached hydrogen (secondary N) is 1. The number of piperazine rings is 1. The molecule has 1 atom stereocenters. The summed E-state index contributed by atoms with van der Waals surface area (Å²) in [4.78, 5) is 30.3. The first kappa shape index (κ1) is 22.0. The number of nitrogen functional groups attached to an aromatic ring is 1. The van der Waals surface area contributed by atoms with Crippen LogP contribution in [0.3, 0.4) is 0 Å². The van der Waals surface area contributed by atoms with Crippen LogP contribution < -0.4 is 16.0 Å². The predicted octanol–water partition coefficient (Wildman–Crippen LogP) is 2.79. The number of rotatable bonds is 8. The Balaban J connectivity index is 1.53. The fraction of sp³-hybridized carbons (Fsp3) is 0.478. The normalized spacial score (nSPS) is 18.5. The van der Waals surface area contributed by atoms with E-state index in [2.05, 4.69) is 33.7 Å². The molecule has 9 nitrogen and oxygen atoms in total. The van der Waals surface area contributed by atoms with Crippen LogP contribution >= 0.6 is 0 Å². The molecule has 3 heterocycles. The van der Waals surface area contributed by atoms with E-state index in [1.54, 1.807) is 25.4 Å². The number of carbonyl (C=O) groups is 1. The third kappa shape index (κ3) is 4.83. The Morgan fingerprint density at radius 1 is 1.38 bits per heavy atom. The second-order valence-electron chi connectivity index (χ2n) is 8.37. The van der Waals surface area contributed by atoms with Gasteiger partial charge in [0.1, 0.15) is 0 Å². The maximum absolute atomic E-state index is 12.5. The SMILES string of the molecule is C=Cc1ccnc(Nc2cc(N)c(N3CCN(C(=O)CCOC)[C@H](C)C3)nc2C2CC2)n1. The molecule has 1 aliphatic carbocycles. The van der Waals surface area contributed by atoms with Crippen LogP contribution in [0.25, 0.3) is 6.08 Å². The maximum Gasteiger partial charge on any atom is 0.227 e. The van der Waals surface area contributed by atoms with Gasteiger partial charge in [0.2, 0.25) is 11.9 Å². The summed E-state index contributed by atoms with van der Waals surface area (Å²) >= 11 is 0. The Hall–Kier alpha value is -3.20. The Labute approximate surface area is 188 Å². The van der Waals surface area contributed by atoms with Gasteiger partial charge in [0.15, 0.2) is 5.82 Å². The van der Waals surface area contributed by atoms with E-state index in [9.17, 15) is 4.79 Å². The van der Waals surface area contributed by atoms with Crippen molar-refractivity contribution in [2.75, 3.05) is 49.3 Å². The summed E-state index contributed by atoms with van der Waals surface area (Å²) in [5.41, 5.74) is 9.65. The molecular weight excluding hydrogens is 406 g/mol. The average molecular weight is 438 g/mol. The van der Waals surface area contributed by atoms with Crippen molar-refractivity contribution >= 4 is 35.1 Å². The molecule has 170 valence electrons. The molecule has 1 aliphatic heterocycles. The summed E-state index contributed by atoms with van der Waals surface area (Å²) < 4.78 is 5.05. The highest BCUT2D eigenvalue weighted by molar-refractivity contribution is 5.77. The number of nitrogens with zero attached hydrogens (tertiary/aromatic N) is 5. The van der Waals surface area contributed by atoms with Gasteiger partial charge in [0.25, 0.3) is 0 Å². The molecule has 0 spiro atoms. The smallest absolute Gasteiger partial charge is 0.227 e. The molecule has 0 radical (unpaired) electrons. The van der Waals surface area contributed by atoms with Gasteiger partial charge < -0.3 is 25.6 Å². The molecule has 2 aromatic rings. The van der Waals surface area contributed by atoms with Gasteiger partial charge >= 0.3 is 0 Å². The van der Waals surface area contributed by atoms with Crippen molar-refractivity contribution in [3.05, 3.63) is 36.3 Å². The Bertz CT molecular complexity index is 992. The minimum atomic E-state index is 0.0755. The number of methoxy groups -OCH3 is 1. The highest BCUT2D eigenvalue weighted by atomic mass is 16.5. The van der Waals surface area contributed by atoms with E-state index in [1.807, 2.05) is 11.0 Å². The monoisotopic (exact) mass is 437 g/mol. The average Bonchev–Trinajstić information content (AvgIpc) is 3.63. The van der Waals surface area contributed by atoms with E-state index in [1.165, 1.54) is 0 Å². The van der Waals surface area contributed by atoms with Crippen LogP contribution in [0, 0.1) is 0 Å². The molecule has 32 heavy (non-hydrogen) atoms. The van der Waals surface area contributed by atoms with Crippen molar-refractivity contribution in [3.63, 3.8) is 0 Å². The van der Waals surface area contributed by atoms with Crippen molar-refractivity contribution in [3.8, 4) is 0 Å². The molecule has 0 bridgehead atoms. The largest absolute Gasteiger partial charge is 0.396 e. The van der Waals surface area contributed by atoms with Gasteiger partial charge in [-0.3, -0.25) is 4.79 Å². The number of amides is 1. The summed E-state index contributed by atoms with van der Waals surface area (Å²) in [5.74, 6) is 1.82. The topological polar surface area (TPSA) is 110 Å². The van der Waals surface area contributed by atoms with Crippen LogP contribution in [0.2, 0.25) is 0 Å². The fourth-order valence-corrected chi connectivity index (χ4v) is 4.07. The fourth-order valence-electron chi connectivity index (χ4n) is 4.07. The molecule has 1 saturated heterocycles. The molecular formula is C23H31N7O2. The van der Waals surface area contributed by atoms with Gasteiger partial charge in [0.05, 0.1) is 35.8 Å². The number of nitrogens with two attached hydrogens (primary N) is 1. The number of pyridine rings is 1. The molecule has 0 unspecified atom stereocenters. The number of aromatic nitrogens is 3. The van der Waals surface area contributed by atoms with Gasteiger partial charge in [-0.15, -0.1) is 0 Å². The third-order valence-corrected chi connectivity index (χ3v) is 5.92. The van der Waals surface area contributed by atoms with E-state index >= 15 is 0 Å². The first-order valence-electron chi connectivity index (χ1n) is 11.1. The van der Waals surface area contributed by atoms with Crippen molar-refractivity contribution in [1.82, 2.24) is 19.9 Å². The zero-order chi connectivity index (χ0) is 22.7. The second-order valence-corrected chi connectivity index (χ2v) is 8.37. The standard InChI is InChI=1S/C23H31N7O2/c1-4-17-7-9-25-23(26-17)27-19-13-18(24)22(28-21(19)16-5-6-16)29-10-11-30(15(2)14-29)20(31)8-12-32-3/h4,7,9,13,15-16H,1,5-6,8,10-12,14,24H2,2-3H3,(H,25,26,27)/t15-/m1/s1. The van der Waals surface area contributed by atoms with Crippen molar-refractivity contribution < 1.29 is 9.53 Å². The van der Waals surface area contributed by atoms with Crippen molar-refractivity contribution in [2.24, 2.45) is 0 Å². The van der Waals surface area contributed by atoms with Crippen LogP contribution in [-0.4, -0.2) is 65.2 Å². The molecule has 9 heteroatoms. The Kier molecular flexibility index (Phi) is 6.55. The zero-order valence-corrected chi connectivity index (χ0v) is 18.8. The molecule has 1 saturated carbocycles. The Morgan fingerprint density at radius 3 is 2.88 bits per heavy atom. The molecule has 4 rings (SSSR count). The van der Waals surface area contributed by atoms with E-state index in [0.717, 1.165) is 35.7 Å². The van der Waals surface area contributed by atoms with Crippen LogP contribution in [0.5, 0.6) is 0 Å². The lowest BCUT2D eigenvalue weighted by molar-refractivity contribution is -0.134. The molecule has 2 aliphatic rings. The lowest BCUT2D eigenvalue weighted by Gasteiger charge is -2.41. The molecule has 0 aromatic carbocycles. The molecule has 2 aromatic heterocycles. The van der Waals surface area contributed by atoms with Crippen LogP contribution in [0.4, 0.5) is 23.1 Å². The van der Waals surface area contributed by atoms with E-state index < -0.39 is 0 Å². The summed E-state index contributed by atoms with van der Waals surface area (Å²) in [6.45, 7) is 8.30. The highest BCUT2D eigenvalue weighted by Gasteiger charge is 2.32. The molecule has 1 amide bonds. The quantitative estimate of drug-likeness (QED) is 0.649. The van der Waals surface area contributed by atoms with E-state index in [0.29, 0.717) is 50.2 Å². The minimum absolute atomic E-state index is 0.0755. The number of anilines is 4. The third-order valence-electron chi connectivity index (χ3n) is 5.92. The van der Waals surface area contributed by atoms with Gasteiger partial charge in [-0.1, -0.05) is 6.58 Å². The number of carbonyl (C=O) groups excluding carboxylic acids is 1. The lowest BCUT2D eigenvalue weighted by Crippen LogP contribution is -2.54.